The maximum absolute atomic E-state index is 11.8. The van der Waals surface area contributed by atoms with Gasteiger partial charge >= 0.3 is 0 Å². The molecule has 2 rings (SSSR count). The van der Waals surface area contributed by atoms with E-state index in [-0.39, 0.29) is 26.9 Å². The van der Waals surface area contributed by atoms with Crippen molar-refractivity contribution in [1.29, 1.82) is 0 Å². The molecule has 0 spiro atoms. The van der Waals surface area contributed by atoms with E-state index in [2.05, 4.69) is 10.5 Å². The van der Waals surface area contributed by atoms with E-state index in [1.807, 2.05) is 0 Å². The van der Waals surface area contributed by atoms with E-state index in [4.69, 9.17) is 23.2 Å². The molecule has 0 atom stereocenters. The monoisotopic (exact) mass is 356 g/mol. The third kappa shape index (κ3) is 3.77. The summed E-state index contributed by atoms with van der Waals surface area (Å²) >= 11 is 11.5. The van der Waals surface area contributed by atoms with E-state index >= 15 is 0 Å². The molecule has 2 aromatic rings. The molecule has 0 fully saturated rings. The third-order valence-corrected chi connectivity index (χ3v) is 3.27. The van der Waals surface area contributed by atoms with Crippen molar-refractivity contribution in [2.24, 2.45) is 5.10 Å². The minimum atomic E-state index is -0.846. The Morgan fingerprint density at radius 1 is 1.00 bits per heavy atom. The van der Waals surface area contributed by atoms with Gasteiger partial charge in [-0.15, -0.1) is 0 Å². The van der Waals surface area contributed by atoms with E-state index in [1.165, 1.54) is 12.1 Å². The number of carbonyl (C=O) groups excluding carboxylic acids is 1. The van der Waals surface area contributed by atoms with Crippen LogP contribution in [0.15, 0.2) is 29.4 Å². The molecule has 0 saturated heterocycles. The number of phenols is 4. The number of halogens is 2. The second-order valence-corrected chi connectivity index (χ2v) is 5.23. The first-order chi connectivity index (χ1) is 10.8. The minimum absolute atomic E-state index is 0.0198. The fraction of sp³-hybridized carbons (Fsp3) is 0. The van der Waals surface area contributed by atoms with Gasteiger partial charge in [0.25, 0.3) is 5.91 Å². The Balaban J connectivity index is 2.18. The molecule has 0 heterocycles. The molecule has 23 heavy (non-hydrogen) atoms. The minimum Gasteiger partial charge on any atom is -0.507 e. The lowest BCUT2D eigenvalue weighted by Crippen LogP contribution is -2.17. The van der Waals surface area contributed by atoms with E-state index in [9.17, 15) is 25.2 Å². The van der Waals surface area contributed by atoms with E-state index in [0.29, 0.717) is 0 Å². The van der Waals surface area contributed by atoms with Crippen LogP contribution in [-0.2, 0) is 0 Å². The van der Waals surface area contributed by atoms with Crippen molar-refractivity contribution >= 4 is 35.3 Å². The fourth-order valence-electron chi connectivity index (χ4n) is 1.65. The van der Waals surface area contributed by atoms with Crippen molar-refractivity contribution in [3.8, 4) is 23.0 Å². The average molecular weight is 357 g/mol. The maximum atomic E-state index is 11.8. The highest BCUT2D eigenvalue weighted by Crippen LogP contribution is 2.32. The van der Waals surface area contributed by atoms with Crippen LogP contribution < -0.4 is 5.43 Å². The topological polar surface area (TPSA) is 122 Å². The molecule has 2 aromatic carbocycles. The van der Waals surface area contributed by atoms with Gasteiger partial charge < -0.3 is 20.4 Å². The van der Waals surface area contributed by atoms with Crippen LogP contribution in [0.5, 0.6) is 23.0 Å². The SMILES string of the molecule is O=C(N/N=C/c1cc(Cl)cc(Cl)c1O)c1cc(O)c(O)cc1O. The van der Waals surface area contributed by atoms with Gasteiger partial charge in [-0.3, -0.25) is 4.79 Å². The zero-order valence-corrected chi connectivity index (χ0v) is 12.8. The molecule has 0 unspecified atom stereocenters. The van der Waals surface area contributed by atoms with Gasteiger partial charge in [0.1, 0.15) is 11.5 Å². The van der Waals surface area contributed by atoms with Crippen LogP contribution >= 0.6 is 23.2 Å². The number of hydrazone groups is 1. The predicted octanol–water partition coefficient (Wildman–Crippen LogP) is 2.58. The van der Waals surface area contributed by atoms with E-state index in [0.717, 1.165) is 18.3 Å². The van der Waals surface area contributed by atoms with Crippen LogP contribution in [0.1, 0.15) is 15.9 Å². The molecule has 0 aromatic heterocycles. The number of aromatic hydroxyl groups is 4. The van der Waals surface area contributed by atoms with Gasteiger partial charge in [-0.25, -0.2) is 5.43 Å². The molecular formula is C14H10Cl2N2O5. The lowest BCUT2D eigenvalue weighted by Gasteiger charge is -2.05. The smallest absolute Gasteiger partial charge is 0.275 e. The molecule has 120 valence electrons. The fourth-order valence-corrected chi connectivity index (χ4v) is 2.16. The van der Waals surface area contributed by atoms with Crippen LogP contribution in [0.25, 0.3) is 0 Å². The second-order valence-electron chi connectivity index (χ2n) is 4.38. The molecule has 5 N–H and O–H groups in total. The summed E-state index contributed by atoms with van der Waals surface area (Å²) in [5, 5.41) is 41.7. The Hall–Kier alpha value is -2.64. The first-order valence-electron chi connectivity index (χ1n) is 6.06. The van der Waals surface area contributed by atoms with Gasteiger partial charge in [0, 0.05) is 22.7 Å². The third-order valence-electron chi connectivity index (χ3n) is 2.76. The van der Waals surface area contributed by atoms with Gasteiger partial charge in [0.15, 0.2) is 11.5 Å². The molecule has 0 aliphatic heterocycles. The number of phenolic OH excluding ortho intramolecular Hbond substituents is 4. The van der Waals surface area contributed by atoms with E-state index in [1.54, 1.807) is 0 Å². The van der Waals surface area contributed by atoms with E-state index < -0.39 is 23.2 Å². The lowest BCUT2D eigenvalue weighted by molar-refractivity contribution is 0.0952. The summed E-state index contributed by atoms with van der Waals surface area (Å²) in [7, 11) is 0. The number of rotatable bonds is 3. The highest BCUT2D eigenvalue weighted by molar-refractivity contribution is 6.36. The molecular weight excluding hydrogens is 347 g/mol. The number of hydrogen-bond acceptors (Lipinski definition) is 6. The molecule has 0 aliphatic rings. The number of nitrogens with zero attached hydrogens (tertiary/aromatic N) is 1. The summed E-state index contributed by atoms with van der Waals surface area (Å²) in [5.74, 6) is -2.79. The summed E-state index contributed by atoms with van der Waals surface area (Å²) in [4.78, 5) is 11.8. The normalized spacial score (nSPS) is 10.9. The van der Waals surface area contributed by atoms with Crippen molar-refractivity contribution < 1.29 is 25.2 Å². The number of hydrogen-bond donors (Lipinski definition) is 5. The first-order valence-corrected chi connectivity index (χ1v) is 6.81. The van der Waals surface area contributed by atoms with Gasteiger partial charge in [-0.2, -0.15) is 5.10 Å². The molecule has 0 radical (unpaired) electrons. The summed E-state index contributed by atoms with van der Waals surface area (Å²) in [6, 6.07) is 4.41. The Morgan fingerprint density at radius 2 is 1.65 bits per heavy atom. The second kappa shape index (κ2) is 6.64. The van der Waals surface area contributed by atoms with Crippen molar-refractivity contribution in [1.82, 2.24) is 5.43 Å². The van der Waals surface area contributed by atoms with Gasteiger partial charge in [0.05, 0.1) is 16.8 Å². The van der Waals surface area contributed by atoms with Crippen molar-refractivity contribution in [3.05, 3.63) is 45.4 Å². The molecule has 0 saturated carbocycles. The number of benzene rings is 2. The number of nitrogens with one attached hydrogen (secondary N) is 1. The summed E-state index contributed by atoms with van der Waals surface area (Å²) < 4.78 is 0. The van der Waals surface area contributed by atoms with Crippen molar-refractivity contribution in [2.45, 2.75) is 0 Å². The van der Waals surface area contributed by atoms with Crippen LogP contribution in [0, 0.1) is 0 Å². The highest BCUT2D eigenvalue weighted by Gasteiger charge is 2.14. The highest BCUT2D eigenvalue weighted by atomic mass is 35.5. The summed E-state index contributed by atoms with van der Waals surface area (Å²) in [5.41, 5.74) is 1.95. The maximum Gasteiger partial charge on any atom is 0.275 e. The molecule has 7 nitrogen and oxygen atoms in total. The molecule has 1 amide bonds. The molecule has 0 aliphatic carbocycles. The zero-order valence-electron chi connectivity index (χ0n) is 11.3. The Morgan fingerprint density at radius 3 is 2.35 bits per heavy atom. The quantitative estimate of drug-likeness (QED) is 0.250. The number of carbonyl (C=O) groups is 1. The summed E-state index contributed by atoms with van der Waals surface area (Å²) in [6.07, 6.45) is 1.10. The zero-order chi connectivity index (χ0) is 17.1. The largest absolute Gasteiger partial charge is 0.507 e. The van der Waals surface area contributed by atoms with Crippen LogP contribution in [0.2, 0.25) is 10.0 Å². The average Bonchev–Trinajstić information content (AvgIpc) is 2.47. The number of amides is 1. The van der Waals surface area contributed by atoms with Crippen LogP contribution in [-0.4, -0.2) is 32.5 Å². The van der Waals surface area contributed by atoms with Gasteiger partial charge in [-0.05, 0) is 12.1 Å². The lowest BCUT2D eigenvalue weighted by atomic mass is 10.1. The Bertz CT molecular complexity index is 808. The predicted molar refractivity (Wildman–Crippen MR) is 84.6 cm³/mol. The Labute approximate surface area is 140 Å². The van der Waals surface area contributed by atoms with Crippen LogP contribution in [0.4, 0.5) is 0 Å². The van der Waals surface area contributed by atoms with Crippen molar-refractivity contribution in [2.75, 3.05) is 0 Å². The first kappa shape index (κ1) is 16.7. The van der Waals surface area contributed by atoms with Crippen LogP contribution in [0.3, 0.4) is 0 Å². The molecule has 0 bridgehead atoms. The van der Waals surface area contributed by atoms with Gasteiger partial charge in [-0.1, -0.05) is 23.2 Å². The standard InChI is InChI=1S/C14H10Cl2N2O5/c15-7-1-6(13(22)9(16)2-7)5-17-18-14(23)8-3-11(20)12(21)4-10(8)19/h1-5,19-22H,(H,18,23)/b17-5+. The van der Waals surface area contributed by atoms with Gasteiger partial charge in [0.2, 0.25) is 0 Å². The molecule has 9 heteroatoms. The summed E-state index contributed by atoms with van der Waals surface area (Å²) in [6.45, 7) is 0. The van der Waals surface area contributed by atoms with Crippen molar-refractivity contribution in [3.63, 3.8) is 0 Å². The Kier molecular flexibility index (Phi) is 4.83.